The Bertz CT molecular complexity index is 298. The van der Waals surface area contributed by atoms with Crippen molar-refractivity contribution in [2.75, 3.05) is 19.6 Å². The Hall–Kier alpha value is -0.770. The maximum Gasteiger partial charge on any atom is 0.410 e. The van der Waals surface area contributed by atoms with E-state index in [4.69, 9.17) is 4.74 Å². The molecule has 0 aliphatic carbocycles. The van der Waals surface area contributed by atoms with Crippen LogP contribution >= 0.6 is 0 Å². The van der Waals surface area contributed by atoms with E-state index < -0.39 is 5.60 Å². The fourth-order valence-corrected chi connectivity index (χ4v) is 2.61. The molecule has 2 saturated heterocycles. The topological polar surface area (TPSA) is 41.6 Å². The van der Waals surface area contributed by atoms with Gasteiger partial charge in [-0.25, -0.2) is 4.79 Å². The van der Waals surface area contributed by atoms with Gasteiger partial charge in [0.25, 0.3) is 0 Å². The highest BCUT2D eigenvalue weighted by Gasteiger charge is 2.48. The molecule has 2 fully saturated rings. The second kappa shape index (κ2) is 3.62. The van der Waals surface area contributed by atoms with Gasteiger partial charge >= 0.3 is 6.09 Å². The van der Waals surface area contributed by atoms with Crippen molar-refractivity contribution in [3.63, 3.8) is 0 Å². The number of hydrogen-bond donors (Lipinski definition) is 1. The molecule has 1 N–H and O–H groups in total. The van der Waals surface area contributed by atoms with Gasteiger partial charge in [-0.2, -0.15) is 0 Å². The minimum atomic E-state index is -0.400. The molecule has 2 unspecified atom stereocenters. The van der Waals surface area contributed by atoms with E-state index in [2.05, 4.69) is 12.2 Å². The molecule has 0 spiro atoms. The van der Waals surface area contributed by atoms with Crippen LogP contribution in [0.15, 0.2) is 0 Å². The van der Waals surface area contributed by atoms with E-state index in [9.17, 15) is 4.79 Å². The number of likely N-dealkylation sites (tertiary alicyclic amines) is 1. The van der Waals surface area contributed by atoms with E-state index in [1.807, 2.05) is 25.7 Å². The zero-order chi connectivity index (χ0) is 12.0. The van der Waals surface area contributed by atoms with Crippen molar-refractivity contribution >= 4 is 6.09 Å². The third-order valence-corrected chi connectivity index (χ3v) is 3.53. The number of ether oxygens (including phenoxy) is 1. The predicted molar refractivity (Wildman–Crippen MR) is 62.3 cm³/mol. The van der Waals surface area contributed by atoms with E-state index in [-0.39, 0.29) is 11.5 Å². The summed E-state index contributed by atoms with van der Waals surface area (Å²) >= 11 is 0. The number of nitrogens with one attached hydrogen (secondary N) is 1. The minimum Gasteiger partial charge on any atom is -0.444 e. The highest BCUT2D eigenvalue weighted by Crippen LogP contribution is 2.37. The molecule has 2 aliphatic heterocycles. The molecule has 92 valence electrons. The average molecular weight is 226 g/mol. The van der Waals surface area contributed by atoms with Gasteiger partial charge in [0.15, 0.2) is 0 Å². The summed E-state index contributed by atoms with van der Waals surface area (Å²) in [6, 6.07) is 0.444. The third-order valence-electron chi connectivity index (χ3n) is 3.53. The molecule has 0 radical (unpaired) electrons. The van der Waals surface area contributed by atoms with Crippen molar-refractivity contribution in [2.24, 2.45) is 5.41 Å². The molecule has 1 amide bonds. The van der Waals surface area contributed by atoms with Crippen LogP contribution in [0.5, 0.6) is 0 Å². The van der Waals surface area contributed by atoms with Gasteiger partial charge in [0.2, 0.25) is 0 Å². The summed E-state index contributed by atoms with van der Waals surface area (Å²) in [6.45, 7) is 10.6. The maximum atomic E-state index is 11.9. The third kappa shape index (κ3) is 2.17. The van der Waals surface area contributed by atoms with Crippen molar-refractivity contribution in [1.82, 2.24) is 10.2 Å². The van der Waals surface area contributed by atoms with Crippen LogP contribution < -0.4 is 5.32 Å². The number of amides is 1. The van der Waals surface area contributed by atoms with E-state index >= 15 is 0 Å². The lowest BCUT2D eigenvalue weighted by molar-refractivity contribution is 0.0272. The van der Waals surface area contributed by atoms with Crippen LogP contribution in [0.4, 0.5) is 4.79 Å². The summed E-state index contributed by atoms with van der Waals surface area (Å²) in [5.41, 5.74) is -0.153. The minimum absolute atomic E-state index is 0.176. The number of rotatable bonds is 0. The fraction of sp³-hybridized carbons (Fsp3) is 0.917. The Morgan fingerprint density at radius 1 is 1.50 bits per heavy atom. The molecule has 0 aromatic carbocycles. The Morgan fingerprint density at radius 2 is 2.19 bits per heavy atom. The lowest BCUT2D eigenvalue weighted by atomic mass is 9.86. The summed E-state index contributed by atoms with van der Waals surface area (Å²) in [4.78, 5) is 13.7. The lowest BCUT2D eigenvalue weighted by Gasteiger charge is -2.26. The van der Waals surface area contributed by atoms with Crippen LogP contribution in [0.1, 0.15) is 34.1 Å². The molecule has 0 saturated carbocycles. The average Bonchev–Trinajstić information content (AvgIpc) is 2.55. The molecule has 0 bridgehead atoms. The van der Waals surface area contributed by atoms with Gasteiger partial charge in [-0.1, -0.05) is 6.92 Å². The first kappa shape index (κ1) is 11.7. The molecule has 4 nitrogen and oxygen atoms in total. The largest absolute Gasteiger partial charge is 0.444 e. The van der Waals surface area contributed by atoms with Crippen molar-refractivity contribution in [3.8, 4) is 0 Å². The summed E-state index contributed by atoms with van der Waals surface area (Å²) < 4.78 is 5.39. The molecular weight excluding hydrogens is 204 g/mol. The van der Waals surface area contributed by atoms with Crippen LogP contribution in [-0.4, -0.2) is 42.3 Å². The number of carbonyl (C=O) groups is 1. The van der Waals surface area contributed by atoms with Gasteiger partial charge in [0, 0.05) is 24.5 Å². The number of hydrogen-bond acceptors (Lipinski definition) is 3. The Labute approximate surface area is 97.3 Å². The Kier molecular flexibility index (Phi) is 2.65. The lowest BCUT2D eigenvalue weighted by Crippen LogP contribution is -2.37. The van der Waals surface area contributed by atoms with Crippen molar-refractivity contribution < 1.29 is 9.53 Å². The number of carbonyl (C=O) groups excluding carboxylic acids is 1. The SMILES string of the molecule is CC(C)(C)OC(=O)N1CC2NCCC2(C)C1. The molecule has 0 aromatic rings. The fourth-order valence-electron chi connectivity index (χ4n) is 2.61. The quantitative estimate of drug-likeness (QED) is 0.682. The van der Waals surface area contributed by atoms with Crippen molar-refractivity contribution in [2.45, 2.75) is 45.8 Å². The van der Waals surface area contributed by atoms with E-state index in [0.29, 0.717) is 6.04 Å². The number of fused-ring (bicyclic) bond motifs is 1. The van der Waals surface area contributed by atoms with Crippen LogP contribution in [0.3, 0.4) is 0 Å². The summed E-state index contributed by atoms with van der Waals surface area (Å²) in [7, 11) is 0. The zero-order valence-corrected chi connectivity index (χ0v) is 10.7. The summed E-state index contributed by atoms with van der Waals surface area (Å²) in [6.07, 6.45) is 0.974. The monoisotopic (exact) mass is 226 g/mol. The van der Waals surface area contributed by atoms with Gasteiger partial charge in [0.05, 0.1) is 0 Å². The molecule has 2 atom stereocenters. The van der Waals surface area contributed by atoms with Crippen LogP contribution in [0.2, 0.25) is 0 Å². The standard InChI is InChI=1S/C12H22N2O2/c1-11(2,3)16-10(15)14-7-9-12(4,8-14)5-6-13-9/h9,13H,5-8H2,1-4H3. The molecule has 4 heteroatoms. The molecule has 16 heavy (non-hydrogen) atoms. The predicted octanol–water partition coefficient (Wildman–Crippen LogP) is 1.61. The van der Waals surface area contributed by atoms with E-state index in [0.717, 1.165) is 26.1 Å². The molecule has 2 rings (SSSR count). The highest BCUT2D eigenvalue weighted by atomic mass is 16.6. The van der Waals surface area contributed by atoms with Crippen LogP contribution in [0, 0.1) is 5.41 Å². The Balaban J connectivity index is 1.97. The van der Waals surface area contributed by atoms with Gasteiger partial charge < -0.3 is 15.0 Å². The molecule has 2 aliphatic rings. The second-order valence-corrected chi connectivity index (χ2v) is 6.27. The smallest absolute Gasteiger partial charge is 0.410 e. The van der Waals surface area contributed by atoms with Gasteiger partial charge in [-0.15, -0.1) is 0 Å². The summed E-state index contributed by atoms with van der Waals surface area (Å²) in [5.74, 6) is 0. The zero-order valence-electron chi connectivity index (χ0n) is 10.7. The van der Waals surface area contributed by atoms with Crippen LogP contribution in [-0.2, 0) is 4.74 Å². The second-order valence-electron chi connectivity index (χ2n) is 6.27. The van der Waals surface area contributed by atoms with Gasteiger partial charge in [0.1, 0.15) is 5.60 Å². The van der Waals surface area contributed by atoms with E-state index in [1.54, 1.807) is 0 Å². The highest BCUT2D eigenvalue weighted by molar-refractivity contribution is 5.68. The maximum absolute atomic E-state index is 11.9. The normalized spacial score (nSPS) is 34.0. The first-order chi connectivity index (χ1) is 7.30. The Morgan fingerprint density at radius 3 is 2.75 bits per heavy atom. The van der Waals surface area contributed by atoms with Crippen molar-refractivity contribution in [3.05, 3.63) is 0 Å². The number of nitrogens with zero attached hydrogens (tertiary/aromatic N) is 1. The first-order valence-electron chi connectivity index (χ1n) is 6.01. The van der Waals surface area contributed by atoms with E-state index in [1.165, 1.54) is 0 Å². The first-order valence-corrected chi connectivity index (χ1v) is 6.01. The summed E-state index contributed by atoms with van der Waals surface area (Å²) in [5, 5.41) is 3.46. The molecule has 2 heterocycles. The van der Waals surface area contributed by atoms with Gasteiger partial charge in [-0.05, 0) is 33.7 Å². The van der Waals surface area contributed by atoms with Crippen molar-refractivity contribution in [1.29, 1.82) is 0 Å². The molecular formula is C12H22N2O2. The van der Waals surface area contributed by atoms with Crippen LogP contribution in [0.25, 0.3) is 0 Å². The van der Waals surface area contributed by atoms with Gasteiger partial charge in [-0.3, -0.25) is 0 Å². The molecule has 0 aromatic heterocycles.